The smallest absolute Gasteiger partial charge is 0.340 e. The SMILES string of the molecule is Cc1coc2c1c(C)cc1oc(=O)c(CC(=O)N[C@@H](CSCc3ccccc3)C(=O)O)c(C)c12. The number of carboxylic acids is 1. The van der Waals surface area contributed by atoms with Crippen LogP contribution in [-0.2, 0) is 21.8 Å². The number of fused-ring (bicyclic) bond motifs is 3. The Morgan fingerprint density at radius 1 is 1.09 bits per heavy atom. The summed E-state index contributed by atoms with van der Waals surface area (Å²) in [7, 11) is 0. The number of carboxylic acid groups (broad SMARTS) is 1. The second kappa shape index (κ2) is 9.77. The van der Waals surface area contributed by atoms with Crippen molar-refractivity contribution in [2.75, 3.05) is 5.75 Å². The van der Waals surface area contributed by atoms with Gasteiger partial charge in [0.05, 0.1) is 23.6 Å². The molecule has 0 fully saturated rings. The van der Waals surface area contributed by atoms with Crippen molar-refractivity contribution < 1.29 is 23.5 Å². The van der Waals surface area contributed by atoms with Crippen LogP contribution in [0.15, 0.2) is 56.3 Å². The van der Waals surface area contributed by atoms with Gasteiger partial charge in [0.25, 0.3) is 0 Å². The topological polar surface area (TPSA) is 110 Å². The lowest BCUT2D eigenvalue weighted by Crippen LogP contribution is -2.43. The summed E-state index contributed by atoms with van der Waals surface area (Å²) >= 11 is 1.42. The quantitative estimate of drug-likeness (QED) is 0.358. The zero-order chi connectivity index (χ0) is 24.4. The molecule has 4 rings (SSSR count). The molecule has 34 heavy (non-hydrogen) atoms. The minimum Gasteiger partial charge on any atom is -0.480 e. The van der Waals surface area contributed by atoms with E-state index in [-0.39, 0.29) is 17.7 Å². The van der Waals surface area contributed by atoms with Gasteiger partial charge in [0.2, 0.25) is 5.91 Å². The molecular weight excluding hydrogens is 454 g/mol. The summed E-state index contributed by atoms with van der Waals surface area (Å²) < 4.78 is 11.3. The molecule has 0 saturated carbocycles. The van der Waals surface area contributed by atoms with Gasteiger partial charge in [-0.05, 0) is 49.1 Å². The van der Waals surface area contributed by atoms with Gasteiger partial charge in [-0.15, -0.1) is 0 Å². The van der Waals surface area contributed by atoms with Gasteiger partial charge >= 0.3 is 11.6 Å². The molecule has 0 saturated heterocycles. The maximum Gasteiger partial charge on any atom is 0.340 e. The molecule has 0 radical (unpaired) electrons. The predicted molar refractivity (Wildman–Crippen MR) is 132 cm³/mol. The zero-order valence-electron chi connectivity index (χ0n) is 19.1. The summed E-state index contributed by atoms with van der Waals surface area (Å²) in [5, 5.41) is 13.7. The van der Waals surface area contributed by atoms with Crippen LogP contribution in [0.5, 0.6) is 0 Å². The summed E-state index contributed by atoms with van der Waals surface area (Å²) in [4.78, 5) is 37.1. The number of thioether (sulfide) groups is 1. The van der Waals surface area contributed by atoms with Crippen molar-refractivity contribution in [1.29, 1.82) is 0 Å². The van der Waals surface area contributed by atoms with Crippen LogP contribution >= 0.6 is 11.8 Å². The standard InChI is InChI=1S/C26H25NO6S/c1-14-9-20-23(24-22(14)15(2)11-32-24)16(3)18(26(31)33-20)10-21(28)27-19(25(29)30)13-34-12-17-7-5-4-6-8-17/h4-9,11,19H,10,12-13H2,1-3H3,(H,27,28)(H,29,30)/t19-/m0/s1. The molecule has 2 N–H and O–H groups in total. The molecule has 1 amide bonds. The minimum absolute atomic E-state index is 0.185. The number of hydrogen-bond acceptors (Lipinski definition) is 6. The van der Waals surface area contributed by atoms with Gasteiger partial charge in [0, 0.05) is 16.9 Å². The van der Waals surface area contributed by atoms with Gasteiger partial charge in [-0.3, -0.25) is 4.79 Å². The average Bonchev–Trinajstić information content (AvgIpc) is 3.18. The average molecular weight is 480 g/mol. The van der Waals surface area contributed by atoms with E-state index in [0.29, 0.717) is 27.9 Å². The van der Waals surface area contributed by atoms with Crippen LogP contribution in [0.2, 0.25) is 0 Å². The molecular formula is C26H25NO6S. The van der Waals surface area contributed by atoms with E-state index >= 15 is 0 Å². The third kappa shape index (κ3) is 4.72. The second-order valence-corrected chi connectivity index (χ2v) is 9.35. The number of nitrogens with one attached hydrogen (secondary N) is 1. The van der Waals surface area contributed by atoms with Gasteiger partial charge in [0.1, 0.15) is 17.2 Å². The Morgan fingerprint density at radius 2 is 1.82 bits per heavy atom. The minimum atomic E-state index is -1.13. The van der Waals surface area contributed by atoms with Gasteiger partial charge in [-0.25, -0.2) is 9.59 Å². The van der Waals surface area contributed by atoms with E-state index in [0.717, 1.165) is 22.1 Å². The lowest BCUT2D eigenvalue weighted by atomic mass is 9.98. The molecule has 2 aromatic heterocycles. The van der Waals surface area contributed by atoms with Crippen molar-refractivity contribution in [3.63, 3.8) is 0 Å². The van der Waals surface area contributed by atoms with Gasteiger partial charge in [0.15, 0.2) is 0 Å². The van der Waals surface area contributed by atoms with Crippen LogP contribution in [0, 0.1) is 20.8 Å². The van der Waals surface area contributed by atoms with E-state index < -0.39 is 23.5 Å². The molecule has 0 unspecified atom stereocenters. The Morgan fingerprint density at radius 3 is 2.53 bits per heavy atom. The molecule has 4 aromatic rings. The van der Waals surface area contributed by atoms with Gasteiger partial charge in [-0.1, -0.05) is 30.3 Å². The molecule has 7 nitrogen and oxygen atoms in total. The predicted octanol–water partition coefficient (Wildman–Crippen LogP) is 4.51. The summed E-state index contributed by atoms with van der Waals surface area (Å²) in [5.41, 5.74) is 4.13. The van der Waals surface area contributed by atoms with E-state index in [9.17, 15) is 19.5 Å². The Kier molecular flexibility index (Phi) is 6.79. The first-order chi connectivity index (χ1) is 16.3. The van der Waals surface area contributed by atoms with Gasteiger partial charge < -0.3 is 19.3 Å². The lowest BCUT2D eigenvalue weighted by Gasteiger charge is -2.15. The van der Waals surface area contributed by atoms with Crippen LogP contribution in [-0.4, -0.2) is 28.8 Å². The van der Waals surface area contributed by atoms with Crippen LogP contribution in [0.4, 0.5) is 0 Å². The van der Waals surface area contributed by atoms with E-state index in [1.165, 1.54) is 11.8 Å². The first-order valence-electron chi connectivity index (χ1n) is 10.8. The van der Waals surface area contributed by atoms with Crippen LogP contribution < -0.4 is 10.9 Å². The first-order valence-corrected chi connectivity index (χ1v) is 12.0. The molecule has 0 bridgehead atoms. The maximum atomic E-state index is 12.7. The molecule has 0 spiro atoms. The maximum absolute atomic E-state index is 12.7. The Bertz CT molecular complexity index is 1440. The van der Waals surface area contributed by atoms with E-state index in [1.807, 2.05) is 44.2 Å². The first kappa shape index (κ1) is 23.6. The number of rotatable bonds is 8. The number of carbonyl (C=O) groups is 2. The number of amides is 1. The number of hydrogen-bond donors (Lipinski definition) is 2. The molecule has 0 aliphatic heterocycles. The monoisotopic (exact) mass is 479 g/mol. The fourth-order valence-electron chi connectivity index (χ4n) is 4.13. The van der Waals surface area contributed by atoms with Crippen molar-refractivity contribution in [1.82, 2.24) is 5.32 Å². The Hall–Kier alpha value is -3.52. The summed E-state index contributed by atoms with van der Waals surface area (Å²) in [6, 6.07) is 10.4. The number of aliphatic carboxylic acids is 1. The molecule has 0 aliphatic rings. The molecule has 2 aromatic carbocycles. The second-order valence-electron chi connectivity index (χ2n) is 8.32. The van der Waals surface area contributed by atoms with Crippen molar-refractivity contribution in [2.45, 2.75) is 39.0 Å². The van der Waals surface area contributed by atoms with E-state index in [2.05, 4.69) is 5.32 Å². The summed E-state index contributed by atoms with van der Waals surface area (Å²) in [6.45, 7) is 5.61. The van der Waals surface area contributed by atoms with Crippen LogP contribution in [0.3, 0.4) is 0 Å². The molecule has 8 heteroatoms. The fourth-order valence-corrected chi connectivity index (χ4v) is 5.13. The lowest BCUT2D eigenvalue weighted by molar-refractivity contribution is -0.141. The van der Waals surface area contributed by atoms with Crippen LogP contribution in [0.1, 0.15) is 27.8 Å². The molecule has 176 valence electrons. The highest BCUT2D eigenvalue weighted by Crippen LogP contribution is 2.34. The number of furan rings is 1. The van der Waals surface area contributed by atoms with Gasteiger partial charge in [-0.2, -0.15) is 11.8 Å². The van der Waals surface area contributed by atoms with E-state index in [1.54, 1.807) is 19.3 Å². The highest BCUT2D eigenvalue weighted by atomic mass is 32.2. The highest BCUT2D eigenvalue weighted by molar-refractivity contribution is 7.98. The fraction of sp³-hybridized carbons (Fsp3) is 0.269. The van der Waals surface area contributed by atoms with Crippen molar-refractivity contribution in [3.05, 3.63) is 80.9 Å². The van der Waals surface area contributed by atoms with Crippen molar-refractivity contribution in [3.8, 4) is 0 Å². The number of carbonyl (C=O) groups excluding carboxylic acids is 1. The van der Waals surface area contributed by atoms with Crippen molar-refractivity contribution >= 4 is 45.6 Å². The molecule has 2 heterocycles. The zero-order valence-corrected chi connectivity index (χ0v) is 20.0. The van der Waals surface area contributed by atoms with E-state index in [4.69, 9.17) is 8.83 Å². The normalized spacial score (nSPS) is 12.2. The van der Waals surface area contributed by atoms with Crippen LogP contribution in [0.25, 0.3) is 21.9 Å². The van der Waals surface area contributed by atoms with Crippen molar-refractivity contribution in [2.24, 2.45) is 0 Å². The third-order valence-corrected chi connectivity index (χ3v) is 6.94. The summed E-state index contributed by atoms with van der Waals surface area (Å²) in [6.07, 6.45) is 1.37. The Balaban J connectivity index is 1.54. The number of aryl methyl sites for hydroxylation is 3. The largest absolute Gasteiger partial charge is 0.480 e. The molecule has 0 aliphatic carbocycles. The number of benzene rings is 2. The molecule has 1 atom stereocenters. The Labute approximate surface area is 200 Å². The highest BCUT2D eigenvalue weighted by Gasteiger charge is 2.23. The third-order valence-electron chi connectivity index (χ3n) is 5.83. The summed E-state index contributed by atoms with van der Waals surface area (Å²) in [5.74, 6) is -0.848.